The highest BCUT2D eigenvalue weighted by Crippen LogP contribution is 2.23. The first-order chi connectivity index (χ1) is 8.83. The van der Waals surface area contributed by atoms with Gasteiger partial charge in [-0.25, -0.2) is 4.98 Å². The lowest BCUT2D eigenvalue weighted by Crippen LogP contribution is -2.15. The third-order valence-electron chi connectivity index (χ3n) is 3.55. The van der Waals surface area contributed by atoms with Crippen LogP contribution in [0.2, 0.25) is 0 Å². The van der Waals surface area contributed by atoms with E-state index in [2.05, 4.69) is 23.2 Å². The highest BCUT2D eigenvalue weighted by Gasteiger charge is 2.17. The van der Waals surface area contributed by atoms with Gasteiger partial charge in [-0.3, -0.25) is 4.79 Å². The summed E-state index contributed by atoms with van der Waals surface area (Å²) in [5, 5.41) is 0. The Hall–Kier alpha value is -1.90. The number of oxazole rings is 1. The van der Waals surface area contributed by atoms with Gasteiger partial charge in [0.05, 0.1) is 5.69 Å². The van der Waals surface area contributed by atoms with Crippen molar-refractivity contribution >= 4 is 5.78 Å². The summed E-state index contributed by atoms with van der Waals surface area (Å²) in [4.78, 5) is 15.6. The Labute approximate surface area is 106 Å². The summed E-state index contributed by atoms with van der Waals surface area (Å²) in [7, 11) is 0. The van der Waals surface area contributed by atoms with Crippen molar-refractivity contribution in [1.29, 1.82) is 0 Å². The molecule has 0 spiro atoms. The van der Waals surface area contributed by atoms with Gasteiger partial charge < -0.3 is 4.42 Å². The van der Waals surface area contributed by atoms with Gasteiger partial charge in [0.15, 0.2) is 6.39 Å². The normalized spacial score (nSPS) is 14.6. The van der Waals surface area contributed by atoms with Crippen molar-refractivity contribution in [2.75, 3.05) is 0 Å². The van der Waals surface area contributed by atoms with E-state index in [0.717, 1.165) is 25.0 Å². The van der Waals surface area contributed by atoms with Crippen LogP contribution in [0.5, 0.6) is 0 Å². The Morgan fingerprint density at radius 3 is 3.00 bits per heavy atom. The number of ketones is 1. The molecule has 0 N–H and O–H groups in total. The van der Waals surface area contributed by atoms with E-state index in [4.69, 9.17) is 4.42 Å². The average molecular weight is 241 g/mol. The van der Waals surface area contributed by atoms with E-state index in [9.17, 15) is 4.79 Å². The number of nitrogens with zero attached hydrogens (tertiary/aromatic N) is 1. The molecule has 1 aromatic heterocycles. The maximum atomic E-state index is 11.5. The number of benzene rings is 1. The molecule has 92 valence electrons. The van der Waals surface area contributed by atoms with Gasteiger partial charge in [0.1, 0.15) is 12.0 Å². The van der Waals surface area contributed by atoms with E-state index in [0.29, 0.717) is 18.6 Å². The van der Waals surface area contributed by atoms with Crippen molar-refractivity contribution in [2.45, 2.75) is 32.1 Å². The number of Topliss-reactive ketones (excluding diaryl/α,β-unsaturated/α-hetero) is 1. The van der Waals surface area contributed by atoms with Crippen molar-refractivity contribution in [3.8, 4) is 0 Å². The number of aryl methyl sites for hydroxylation is 2. The topological polar surface area (TPSA) is 43.1 Å². The molecule has 0 saturated heterocycles. The Balaban J connectivity index is 1.80. The molecule has 3 rings (SSSR count). The zero-order valence-corrected chi connectivity index (χ0v) is 10.2. The Kier molecular flexibility index (Phi) is 2.97. The summed E-state index contributed by atoms with van der Waals surface area (Å²) < 4.78 is 4.97. The molecule has 1 aromatic carbocycles. The molecule has 0 bridgehead atoms. The molecule has 0 amide bonds. The van der Waals surface area contributed by atoms with Gasteiger partial charge in [0, 0.05) is 12.8 Å². The predicted octanol–water partition coefficient (Wildman–Crippen LogP) is 2.52. The summed E-state index contributed by atoms with van der Waals surface area (Å²) in [6.45, 7) is 0. The Morgan fingerprint density at radius 2 is 2.17 bits per heavy atom. The molecule has 0 atom stereocenters. The number of fused-ring (bicyclic) bond motifs is 1. The first-order valence-corrected chi connectivity index (χ1v) is 6.31. The summed E-state index contributed by atoms with van der Waals surface area (Å²) in [6, 6.07) is 6.29. The Morgan fingerprint density at radius 1 is 1.22 bits per heavy atom. The van der Waals surface area contributed by atoms with Crippen molar-refractivity contribution in [3.05, 3.63) is 53.2 Å². The molecule has 0 fully saturated rings. The molecule has 3 nitrogen and oxygen atoms in total. The Bertz CT molecular complexity index is 558. The van der Waals surface area contributed by atoms with Crippen molar-refractivity contribution in [1.82, 2.24) is 4.98 Å². The van der Waals surface area contributed by atoms with Crippen molar-refractivity contribution in [3.63, 3.8) is 0 Å². The highest BCUT2D eigenvalue weighted by molar-refractivity contribution is 5.83. The van der Waals surface area contributed by atoms with Gasteiger partial charge in [-0.05, 0) is 36.0 Å². The predicted molar refractivity (Wildman–Crippen MR) is 67.4 cm³/mol. The van der Waals surface area contributed by atoms with Gasteiger partial charge in [0.2, 0.25) is 0 Å². The van der Waals surface area contributed by atoms with Crippen LogP contribution in [0.15, 0.2) is 35.3 Å². The second kappa shape index (κ2) is 4.77. The van der Waals surface area contributed by atoms with Crippen molar-refractivity contribution in [2.24, 2.45) is 0 Å². The van der Waals surface area contributed by atoms with Crippen LogP contribution in [-0.2, 0) is 30.5 Å². The molecule has 0 saturated carbocycles. The molecule has 0 aliphatic heterocycles. The van der Waals surface area contributed by atoms with Crippen LogP contribution in [0.1, 0.15) is 28.8 Å². The van der Waals surface area contributed by atoms with Crippen LogP contribution in [-0.4, -0.2) is 10.8 Å². The highest BCUT2D eigenvalue weighted by atomic mass is 16.3. The smallest absolute Gasteiger partial charge is 0.180 e. The quantitative estimate of drug-likeness (QED) is 0.829. The fourth-order valence-corrected chi connectivity index (χ4v) is 2.60. The number of hydrogen-bond donors (Lipinski definition) is 0. The maximum Gasteiger partial charge on any atom is 0.180 e. The van der Waals surface area contributed by atoms with Crippen molar-refractivity contribution < 1.29 is 9.21 Å². The third kappa shape index (κ3) is 2.21. The largest absolute Gasteiger partial charge is 0.451 e. The molecule has 3 heteroatoms. The van der Waals surface area contributed by atoms with E-state index in [-0.39, 0.29) is 0 Å². The van der Waals surface area contributed by atoms with Crippen LogP contribution in [0.25, 0.3) is 0 Å². The SMILES string of the molecule is O=C1CCc2c(CCc3cocn3)cccc2C1. The third-order valence-corrected chi connectivity index (χ3v) is 3.55. The number of carbonyl (C=O) groups excluding carboxylic acids is 1. The zero-order chi connectivity index (χ0) is 12.4. The number of hydrogen-bond acceptors (Lipinski definition) is 3. The van der Waals surface area contributed by atoms with Crippen LogP contribution in [0.4, 0.5) is 0 Å². The minimum absolute atomic E-state index is 0.358. The van der Waals surface area contributed by atoms with Crippen LogP contribution >= 0.6 is 0 Å². The number of rotatable bonds is 3. The molecule has 2 aromatic rings. The fourth-order valence-electron chi connectivity index (χ4n) is 2.60. The molecule has 0 radical (unpaired) electrons. The molecular formula is C15H15NO2. The standard InChI is InChI=1S/C15H15NO2/c17-14-6-7-15-11(2-1-3-12(15)8-14)4-5-13-9-18-10-16-13/h1-3,9-10H,4-8H2. The number of carbonyl (C=O) groups is 1. The molecule has 1 aliphatic carbocycles. The summed E-state index contributed by atoms with van der Waals surface area (Å²) in [5.74, 6) is 0.358. The maximum absolute atomic E-state index is 11.5. The molecule has 1 aliphatic rings. The van der Waals surface area contributed by atoms with Gasteiger partial charge in [0.25, 0.3) is 0 Å². The van der Waals surface area contributed by atoms with Crippen LogP contribution in [0, 0.1) is 0 Å². The zero-order valence-electron chi connectivity index (χ0n) is 10.2. The van der Waals surface area contributed by atoms with Crippen LogP contribution in [0.3, 0.4) is 0 Å². The average Bonchev–Trinajstić information content (AvgIpc) is 2.89. The first kappa shape index (κ1) is 11.2. The lowest BCUT2D eigenvalue weighted by molar-refractivity contribution is -0.118. The second-order valence-electron chi connectivity index (χ2n) is 4.75. The molecule has 18 heavy (non-hydrogen) atoms. The summed E-state index contributed by atoms with van der Waals surface area (Å²) >= 11 is 0. The monoisotopic (exact) mass is 241 g/mol. The second-order valence-corrected chi connectivity index (χ2v) is 4.75. The molecule has 0 unspecified atom stereocenters. The van der Waals surface area contributed by atoms with Gasteiger partial charge in [-0.15, -0.1) is 0 Å². The minimum Gasteiger partial charge on any atom is -0.451 e. The van der Waals surface area contributed by atoms with E-state index >= 15 is 0 Å². The summed E-state index contributed by atoms with van der Waals surface area (Å²) in [5.41, 5.74) is 4.92. The minimum atomic E-state index is 0.358. The summed E-state index contributed by atoms with van der Waals surface area (Å²) in [6.07, 6.45) is 7.20. The van der Waals surface area contributed by atoms with E-state index in [1.54, 1.807) is 6.26 Å². The van der Waals surface area contributed by atoms with E-state index in [1.807, 2.05) is 0 Å². The van der Waals surface area contributed by atoms with E-state index in [1.165, 1.54) is 23.1 Å². The molecular weight excluding hydrogens is 226 g/mol. The lowest BCUT2D eigenvalue weighted by atomic mass is 9.86. The fraction of sp³-hybridized carbons (Fsp3) is 0.333. The van der Waals surface area contributed by atoms with E-state index < -0.39 is 0 Å². The lowest BCUT2D eigenvalue weighted by Gasteiger charge is -2.18. The van der Waals surface area contributed by atoms with Crippen LogP contribution < -0.4 is 0 Å². The van der Waals surface area contributed by atoms with Gasteiger partial charge >= 0.3 is 0 Å². The molecule has 1 heterocycles. The number of aromatic nitrogens is 1. The first-order valence-electron chi connectivity index (χ1n) is 6.31. The van der Waals surface area contributed by atoms with Gasteiger partial charge in [-0.2, -0.15) is 0 Å². The van der Waals surface area contributed by atoms with Gasteiger partial charge in [-0.1, -0.05) is 18.2 Å².